The molecule has 3 rings (SSSR count). The molecular weight excluding hydrogens is 296 g/mol. The number of carbonyl (C=O) groups is 2. The molecule has 0 aliphatic carbocycles. The first kappa shape index (κ1) is 15.8. The average Bonchev–Trinajstić information content (AvgIpc) is 2.95. The summed E-state index contributed by atoms with van der Waals surface area (Å²) >= 11 is 0. The van der Waals surface area contributed by atoms with Crippen LogP contribution in [0, 0.1) is 0 Å². The van der Waals surface area contributed by atoms with Crippen LogP contribution >= 0.6 is 0 Å². The van der Waals surface area contributed by atoms with Crippen LogP contribution in [0.4, 0.5) is 10.5 Å². The van der Waals surface area contributed by atoms with Gasteiger partial charge in [-0.25, -0.2) is 4.79 Å². The topological polar surface area (TPSA) is 67.9 Å². The summed E-state index contributed by atoms with van der Waals surface area (Å²) in [5.41, 5.74) is 2.08. The molecule has 2 saturated heterocycles. The minimum absolute atomic E-state index is 0.112. The maximum atomic E-state index is 12.0. The molecule has 0 unspecified atom stereocenters. The minimum atomic E-state index is -0.362. The van der Waals surface area contributed by atoms with Crippen molar-refractivity contribution >= 4 is 17.7 Å². The first-order chi connectivity index (χ1) is 11.1. The Morgan fingerprint density at radius 3 is 2.61 bits per heavy atom. The molecule has 0 saturated carbocycles. The van der Waals surface area contributed by atoms with Gasteiger partial charge in [-0.1, -0.05) is 12.1 Å². The number of hydrogen-bond acceptors (Lipinski definition) is 4. The van der Waals surface area contributed by atoms with Crippen molar-refractivity contribution < 1.29 is 19.1 Å². The van der Waals surface area contributed by atoms with Crippen LogP contribution in [0.15, 0.2) is 24.3 Å². The van der Waals surface area contributed by atoms with E-state index in [1.54, 1.807) is 4.90 Å². The number of benzene rings is 1. The number of hydrogen-bond donors (Lipinski definition) is 1. The highest BCUT2D eigenvalue weighted by atomic mass is 16.6. The molecule has 2 heterocycles. The molecule has 23 heavy (non-hydrogen) atoms. The molecule has 0 bridgehead atoms. The van der Waals surface area contributed by atoms with Crippen molar-refractivity contribution in [2.24, 2.45) is 0 Å². The maximum absolute atomic E-state index is 12.0. The third-order valence-corrected chi connectivity index (χ3v) is 4.41. The van der Waals surface area contributed by atoms with Gasteiger partial charge in [0, 0.05) is 32.4 Å². The van der Waals surface area contributed by atoms with Gasteiger partial charge in [-0.05, 0) is 36.5 Å². The van der Waals surface area contributed by atoms with E-state index in [0.717, 1.165) is 31.7 Å². The zero-order valence-corrected chi connectivity index (χ0v) is 13.3. The van der Waals surface area contributed by atoms with Crippen LogP contribution in [0.5, 0.6) is 0 Å². The number of ether oxygens (including phenoxy) is 2. The number of carbonyl (C=O) groups excluding carboxylic acids is 2. The van der Waals surface area contributed by atoms with Crippen molar-refractivity contribution in [3.8, 4) is 0 Å². The lowest BCUT2D eigenvalue weighted by atomic mass is 9.91. The van der Waals surface area contributed by atoms with Crippen molar-refractivity contribution in [3.63, 3.8) is 0 Å². The van der Waals surface area contributed by atoms with Crippen LogP contribution in [-0.2, 0) is 14.3 Å². The lowest BCUT2D eigenvalue weighted by Gasteiger charge is -2.24. The van der Waals surface area contributed by atoms with E-state index in [4.69, 9.17) is 9.47 Å². The maximum Gasteiger partial charge on any atom is 0.414 e. The Bertz CT molecular complexity index is 566. The van der Waals surface area contributed by atoms with E-state index in [2.05, 4.69) is 17.4 Å². The fourth-order valence-electron chi connectivity index (χ4n) is 3.13. The summed E-state index contributed by atoms with van der Waals surface area (Å²) in [5.74, 6) is 0.415. The highest BCUT2D eigenvalue weighted by Gasteiger charge is 2.34. The SMILES string of the molecule is CC(=O)NC[C@H]1COC(=O)N1c1ccc(C2CCOCC2)cc1. The fourth-order valence-corrected chi connectivity index (χ4v) is 3.13. The first-order valence-electron chi connectivity index (χ1n) is 8.03. The molecule has 1 aromatic rings. The molecule has 6 nitrogen and oxygen atoms in total. The monoisotopic (exact) mass is 318 g/mol. The molecule has 0 aromatic heterocycles. The van der Waals surface area contributed by atoms with Gasteiger partial charge in [-0.3, -0.25) is 9.69 Å². The molecule has 1 N–H and O–H groups in total. The van der Waals surface area contributed by atoms with Crippen LogP contribution in [0.1, 0.15) is 31.2 Å². The van der Waals surface area contributed by atoms with Crippen LogP contribution in [-0.4, -0.2) is 44.4 Å². The molecule has 6 heteroatoms. The van der Waals surface area contributed by atoms with Gasteiger partial charge in [0.15, 0.2) is 0 Å². The van der Waals surface area contributed by atoms with E-state index in [1.807, 2.05) is 12.1 Å². The van der Waals surface area contributed by atoms with Crippen LogP contribution in [0.25, 0.3) is 0 Å². The van der Waals surface area contributed by atoms with Crippen molar-refractivity contribution in [3.05, 3.63) is 29.8 Å². The van der Waals surface area contributed by atoms with Gasteiger partial charge < -0.3 is 14.8 Å². The smallest absolute Gasteiger partial charge is 0.414 e. The Kier molecular flexibility index (Phi) is 4.81. The number of rotatable bonds is 4. The van der Waals surface area contributed by atoms with Gasteiger partial charge in [-0.15, -0.1) is 0 Å². The highest BCUT2D eigenvalue weighted by molar-refractivity contribution is 5.90. The van der Waals surface area contributed by atoms with Crippen molar-refractivity contribution in [1.82, 2.24) is 5.32 Å². The number of anilines is 1. The van der Waals surface area contributed by atoms with Crippen molar-refractivity contribution in [1.29, 1.82) is 0 Å². The number of nitrogens with zero attached hydrogens (tertiary/aromatic N) is 1. The Morgan fingerprint density at radius 1 is 1.26 bits per heavy atom. The molecular formula is C17H22N2O4. The van der Waals surface area contributed by atoms with E-state index in [0.29, 0.717) is 19.1 Å². The summed E-state index contributed by atoms with van der Waals surface area (Å²) in [6.07, 6.45) is 1.71. The third kappa shape index (κ3) is 3.64. The van der Waals surface area contributed by atoms with Crippen LogP contribution in [0.2, 0.25) is 0 Å². The Morgan fingerprint density at radius 2 is 1.96 bits per heavy atom. The van der Waals surface area contributed by atoms with Gasteiger partial charge in [-0.2, -0.15) is 0 Å². The first-order valence-corrected chi connectivity index (χ1v) is 8.03. The van der Waals surface area contributed by atoms with Crippen LogP contribution in [0.3, 0.4) is 0 Å². The van der Waals surface area contributed by atoms with Gasteiger partial charge >= 0.3 is 6.09 Å². The molecule has 2 aliphatic heterocycles. The summed E-state index contributed by atoms with van der Waals surface area (Å²) < 4.78 is 10.5. The summed E-state index contributed by atoms with van der Waals surface area (Å²) in [7, 11) is 0. The lowest BCUT2D eigenvalue weighted by Crippen LogP contribution is -2.42. The number of nitrogens with one attached hydrogen (secondary N) is 1. The zero-order chi connectivity index (χ0) is 16.2. The molecule has 1 aromatic carbocycles. The van der Waals surface area contributed by atoms with Gasteiger partial charge in [0.2, 0.25) is 5.91 Å². The van der Waals surface area contributed by atoms with E-state index in [9.17, 15) is 9.59 Å². The second kappa shape index (κ2) is 7.00. The Hall–Kier alpha value is -2.08. The molecule has 0 radical (unpaired) electrons. The fraction of sp³-hybridized carbons (Fsp3) is 0.529. The standard InChI is InChI=1S/C17H22N2O4/c1-12(20)18-10-16-11-23-17(21)19(16)15-4-2-13(3-5-15)14-6-8-22-9-7-14/h2-5,14,16H,6-11H2,1H3,(H,18,20)/t16-/m0/s1. The second-order valence-electron chi connectivity index (χ2n) is 6.02. The zero-order valence-electron chi connectivity index (χ0n) is 13.3. The highest BCUT2D eigenvalue weighted by Crippen LogP contribution is 2.30. The van der Waals surface area contributed by atoms with Gasteiger partial charge in [0.05, 0.1) is 6.04 Å². The third-order valence-electron chi connectivity index (χ3n) is 4.41. The van der Waals surface area contributed by atoms with E-state index < -0.39 is 0 Å². The molecule has 2 amide bonds. The molecule has 0 spiro atoms. The van der Waals surface area contributed by atoms with E-state index in [1.165, 1.54) is 12.5 Å². The summed E-state index contributed by atoms with van der Waals surface area (Å²) in [5, 5.41) is 2.74. The minimum Gasteiger partial charge on any atom is -0.447 e. The number of amides is 2. The lowest BCUT2D eigenvalue weighted by molar-refractivity contribution is -0.119. The molecule has 124 valence electrons. The summed E-state index contributed by atoms with van der Waals surface area (Å²) in [6, 6.07) is 7.90. The van der Waals surface area contributed by atoms with E-state index >= 15 is 0 Å². The molecule has 2 aliphatic rings. The van der Waals surface area contributed by atoms with Gasteiger partial charge in [0.25, 0.3) is 0 Å². The molecule has 2 fully saturated rings. The summed E-state index contributed by atoms with van der Waals surface area (Å²) in [4.78, 5) is 24.7. The number of cyclic esters (lactones) is 1. The second-order valence-corrected chi connectivity index (χ2v) is 6.02. The van der Waals surface area contributed by atoms with Crippen molar-refractivity contribution in [2.45, 2.75) is 31.7 Å². The quantitative estimate of drug-likeness (QED) is 0.922. The van der Waals surface area contributed by atoms with E-state index in [-0.39, 0.29) is 18.0 Å². The van der Waals surface area contributed by atoms with Crippen molar-refractivity contribution in [2.75, 3.05) is 31.3 Å². The average molecular weight is 318 g/mol. The van der Waals surface area contributed by atoms with Crippen LogP contribution < -0.4 is 10.2 Å². The predicted molar refractivity (Wildman–Crippen MR) is 85.5 cm³/mol. The Balaban J connectivity index is 1.71. The summed E-state index contributed by atoms with van der Waals surface area (Å²) in [6.45, 7) is 3.77. The normalized spacial score (nSPS) is 22.0. The largest absolute Gasteiger partial charge is 0.447 e. The van der Waals surface area contributed by atoms with Gasteiger partial charge in [0.1, 0.15) is 6.61 Å². The molecule has 1 atom stereocenters. The Labute approximate surface area is 135 Å². The predicted octanol–water partition coefficient (Wildman–Crippen LogP) is 2.04.